The Kier molecular flexibility index (Phi) is 5.33. The summed E-state index contributed by atoms with van der Waals surface area (Å²) in [6, 6.07) is 15.0. The van der Waals surface area contributed by atoms with Crippen LogP contribution in [-0.2, 0) is 16.0 Å². The van der Waals surface area contributed by atoms with Crippen molar-refractivity contribution >= 4 is 23.2 Å². The molecule has 2 aromatic rings. The van der Waals surface area contributed by atoms with E-state index in [4.69, 9.17) is 4.74 Å². The van der Waals surface area contributed by atoms with Crippen LogP contribution in [0.1, 0.15) is 31.7 Å². The first kappa shape index (κ1) is 17.0. The molecule has 1 heterocycles. The number of fused-ring (bicyclic) bond motifs is 1. The molecule has 0 saturated carbocycles. The summed E-state index contributed by atoms with van der Waals surface area (Å²) in [4.78, 5) is 24.3. The van der Waals surface area contributed by atoms with E-state index in [1.807, 2.05) is 36.4 Å². The summed E-state index contributed by atoms with van der Waals surface area (Å²) in [6.07, 6.45) is 2.50. The molecule has 1 atom stereocenters. The molecule has 2 aromatic carbocycles. The fraction of sp³-hybridized carbons (Fsp3) is 0.300. The summed E-state index contributed by atoms with van der Waals surface area (Å²) in [5.41, 5.74) is 2.61. The number of carbonyl (C=O) groups is 2. The second kappa shape index (κ2) is 7.83. The number of anilines is 2. The van der Waals surface area contributed by atoms with Crippen molar-refractivity contribution in [2.75, 3.05) is 10.6 Å². The number of hydrogen-bond acceptors (Lipinski definition) is 3. The first-order valence-electron chi connectivity index (χ1n) is 8.61. The maximum absolute atomic E-state index is 12.2. The maximum Gasteiger partial charge on any atom is 0.266 e. The average Bonchev–Trinajstić information content (AvgIpc) is 2.62. The number of ether oxygens (including phenoxy) is 1. The largest absolute Gasteiger partial charge is 0.478 e. The number of rotatable bonds is 6. The van der Waals surface area contributed by atoms with Gasteiger partial charge >= 0.3 is 0 Å². The first-order valence-corrected chi connectivity index (χ1v) is 8.61. The van der Waals surface area contributed by atoms with Gasteiger partial charge in [0.2, 0.25) is 5.91 Å². The quantitative estimate of drug-likeness (QED) is 0.843. The number of carbonyl (C=O) groups excluding carboxylic acids is 2. The molecule has 25 heavy (non-hydrogen) atoms. The topological polar surface area (TPSA) is 67.4 Å². The SMILES string of the molecule is CCCCc1ccc(NC(=O)CC2Oc3ccccc3NC2=O)cc1. The van der Waals surface area contributed by atoms with Gasteiger partial charge in [-0.1, -0.05) is 37.6 Å². The molecular weight excluding hydrogens is 316 g/mol. The van der Waals surface area contributed by atoms with Crippen molar-refractivity contribution in [2.45, 2.75) is 38.7 Å². The molecule has 1 aliphatic heterocycles. The van der Waals surface area contributed by atoms with Gasteiger partial charge in [-0.15, -0.1) is 0 Å². The number of unbranched alkanes of at least 4 members (excludes halogenated alkanes) is 1. The number of para-hydroxylation sites is 2. The van der Waals surface area contributed by atoms with Crippen molar-refractivity contribution < 1.29 is 14.3 Å². The lowest BCUT2D eigenvalue weighted by atomic mass is 10.1. The fourth-order valence-electron chi connectivity index (χ4n) is 2.74. The third-order valence-electron chi connectivity index (χ3n) is 4.13. The zero-order valence-corrected chi connectivity index (χ0v) is 14.2. The second-order valence-corrected chi connectivity index (χ2v) is 6.14. The highest BCUT2D eigenvalue weighted by atomic mass is 16.5. The van der Waals surface area contributed by atoms with Gasteiger partial charge in [0, 0.05) is 5.69 Å². The molecule has 0 fully saturated rings. The lowest BCUT2D eigenvalue weighted by molar-refractivity contribution is -0.128. The molecule has 5 heteroatoms. The van der Waals surface area contributed by atoms with Gasteiger partial charge in [0.25, 0.3) is 5.91 Å². The maximum atomic E-state index is 12.2. The second-order valence-electron chi connectivity index (χ2n) is 6.14. The van der Waals surface area contributed by atoms with E-state index in [9.17, 15) is 9.59 Å². The molecule has 2 N–H and O–H groups in total. The lowest BCUT2D eigenvalue weighted by Crippen LogP contribution is -2.39. The molecule has 1 unspecified atom stereocenters. The number of hydrogen-bond donors (Lipinski definition) is 2. The Morgan fingerprint density at radius 3 is 2.68 bits per heavy atom. The zero-order chi connectivity index (χ0) is 17.6. The molecule has 0 aromatic heterocycles. The van der Waals surface area contributed by atoms with Crippen LogP contribution in [0.4, 0.5) is 11.4 Å². The zero-order valence-electron chi connectivity index (χ0n) is 14.2. The van der Waals surface area contributed by atoms with Crippen molar-refractivity contribution in [3.8, 4) is 5.75 Å². The molecule has 2 amide bonds. The number of benzene rings is 2. The normalized spacial score (nSPS) is 15.7. The molecule has 5 nitrogen and oxygen atoms in total. The molecule has 1 aliphatic rings. The van der Waals surface area contributed by atoms with Crippen LogP contribution in [0, 0.1) is 0 Å². The smallest absolute Gasteiger partial charge is 0.266 e. The van der Waals surface area contributed by atoms with Crippen molar-refractivity contribution in [3.63, 3.8) is 0 Å². The van der Waals surface area contributed by atoms with Gasteiger partial charge in [0.05, 0.1) is 12.1 Å². The van der Waals surface area contributed by atoms with E-state index in [0.717, 1.165) is 24.9 Å². The molecule has 130 valence electrons. The highest BCUT2D eigenvalue weighted by molar-refractivity contribution is 6.01. The third-order valence-corrected chi connectivity index (χ3v) is 4.13. The van der Waals surface area contributed by atoms with Crippen molar-refractivity contribution in [2.24, 2.45) is 0 Å². The van der Waals surface area contributed by atoms with Gasteiger partial charge in [0.1, 0.15) is 5.75 Å². The molecule has 0 spiro atoms. The third kappa shape index (κ3) is 4.38. The van der Waals surface area contributed by atoms with Crippen LogP contribution in [0.5, 0.6) is 5.75 Å². The van der Waals surface area contributed by atoms with E-state index in [1.54, 1.807) is 12.1 Å². The molecule has 0 saturated heterocycles. The minimum Gasteiger partial charge on any atom is -0.478 e. The summed E-state index contributed by atoms with van der Waals surface area (Å²) >= 11 is 0. The first-order chi connectivity index (χ1) is 12.2. The van der Waals surface area contributed by atoms with E-state index >= 15 is 0 Å². The van der Waals surface area contributed by atoms with E-state index in [-0.39, 0.29) is 18.2 Å². The Labute approximate surface area is 147 Å². The van der Waals surface area contributed by atoms with Crippen LogP contribution in [-0.4, -0.2) is 17.9 Å². The van der Waals surface area contributed by atoms with Gasteiger partial charge in [-0.3, -0.25) is 9.59 Å². The van der Waals surface area contributed by atoms with Crippen LogP contribution >= 0.6 is 0 Å². The Balaban J connectivity index is 1.56. The van der Waals surface area contributed by atoms with E-state index < -0.39 is 6.10 Å². The van der Waals surface area contributed by atoms with Gasteiger partial charge < -0.3 is 15.4 Å². The number of nitrogens with one attached hydrogen (secondary N) is 2. The Morgan fingerprint density at radius 1 is 1.16 bits per heavy atom. The van der Waals surface area contributed by atoms with Crippen LogP contribution in [0.25, 0.3) is 0 Å². The summed E-state index contributed by atoms with van der Waals surface area (Å²) in [6.45, 7) is 2.16. The standard InChI is InChI=1S/C20H22N2O3/c1-2-3-6-14-9-11-15(12-10-14)21-19(23)13-18-20(24)22-16-7-4-5-8-17(16)25-18/h4-5,7-12,18H,2-3,6,13H2,1H3,(H,21,23)(H,22,24). The van der Waals surface area contributed by atoms with Gasteiger partial charge in [-0.2, -0.15) is 0 Å². The average molecular weight is 338 g/mol. The van der Waals surface area contributed by atoms with E-state index in [0.29, 0.717) is 11.4 Å². The summed E-state index contributed by atoms with van der Waals surface area (Å²) < 4.78 is 5.64. The van der Waals surface area contributed by atoms with Crippen LogP contribution in [0.3, 0.4) is 0 Å². The predicted molar refractivity (Wildman–Crippen MR) is 97.8 cm³/mol. The van der Waals surface area contributed by atoms with Crippen LogP contribution in [0.2, 0.25) is 0 Å². The summed E-state index contributed by atoms with van der Waals surface area (Å²) in [7, 11) is 0. The predicted octanol–water partition coefficient (Wildman–Crippen LogP) is 3.76. The van der Waals surface area contributed by atoms with Gasteiger partial charge in [-0.25, -0.2) is 0 Å². The molecule has 0 bridgehead atoms. The summed E-state index contributed by atoms with van der Waals surface area (Å²) in [5.74, 6) is 0.0322. The van der Waals surface area contributed by atoms with E-state index in [1.165, 1.54) is 5.56 Å². The molecular formula is C20H22N2O3. The van der Waals surface area contributed by atoms with E-state index in [2.05, 4.69) is 17.6 Å². The van der Waals surface area contributed by atoms with Crippen molar-refractivity contribution in [1.29, 1.82) is 0 Å². The monoisotopic (exact) mass is 338 g/mol. The molecule has 0 radical (unpaired) electrons. The Bertz CT molecular complexity index is 756. The highest BCUT2D eigenvalue weighted by Crippen LogP contribution is 2.29. The van der Waals surface area contributed by atoms with Crippen molar-refractivity contribution in [1.82, 2.24) is 0 Å². The van der Waals surface area contributed by atoms with Gasteiger partial charge in [-0.05, 0) is 42.7 Å². The van der Waals surface area contributed by atoms with Crippen LogP contribution in [0.15, 0.2) is 48.5 Å². The highest BCUT2D eigenvalue weighted by Gasteiger charge is 2.29. The minimum atomic E-state index is -0.821. The summed E-state index contributed by atoms with van der Waals surface area (Å²) in [5, 5.41) is 5.58. The molecule has 3 rings (SSSR count). The number of amides is 2. The van der Waals surface area contributed by atoms with Crippen molar-refractivity contribution in [3.05, 3.63) is 54.1 Å². The number of aryl methyl sites for hydroxylation is 1. The minimum absolute atomic E-state index is 0.0300. The Morgan fingerprint density at radius 2 is 1.92 bits per heavy atom. The Hall–Kier alpha value is -2.82. The molecule has 0 aliphatic carbocycles. The van der Waals surface area contributed by atoms with Gasteiger partial charge in [0.15, 0.2) is 6.10 Å². The van der Waals surface area contributed by atoms with Crippen LogP contribution < -0.4 is 15.4 Å². The lowest BCUT2D eigenvalue weighted by Gasteiger charge is -2.25. The fourth-order valence-corrected chi connectivity index (χ4v) is 2.74.